The number of pyridine rings is 1. The third-order valence-corrected chi connectivity index (χ3v) is 5.94. The van der Waals surface area contributed by atoms with Crippen molar-refractivity contribution >= 4 is 17.5 Å². The van der Waals surface area contributed by atoms with Gasteiger partial charge in [0.2, 0.25) is 0 Å². The number of nitrogens with zero attached hydrogens (tertiary/aromatic N) is 3. The Balaban J connectivity index is 1.66. The number of aromatic nitrogens is 3. The average molecular weight is 461 g/mol. The highest BCUT2D eigenvalue weighted by Gasteiger charge is 2.42. The predicted molar refractivity (Wildman–Crippen MR) is 124 cm³/mol. The molecular weight excluding hydrogens is 440 g/mol. The van der Waals surface area contributed by atoms with Gasteiger partial charge in [-0.1, -0.05) is 29.8 Å². The number of H-pyrrole nitrogens is 1. The van der Waals surface area contributed by atoms with Gasteiger partial charge in [-0.2, -0.15) is 5.10 Å². The summed E-state index contributed by atoms with van der Waals surface area (Å²) in [5.74, 6) is 0.276. The summed E-state index contributed by atoms with van der Waals surface area (Å²) in [6.07, 6.45) is 3.41. The summed E-state index contributed by atoms with van der Waals surface area (Å²) in [4.78, 5) is 19.4. The van der Waals surface area contributed by atoms with E-state index in [0.717, 1.165) is 22.3 Å². The number of aromatic amines is 1. The van der Waals surface area contributed by atoms with Gasteiger partial charge in [-0.25, -0.2) is 0 Å². The van der Waals surface area contributed by atoms with Crippen LogP contribution in [0.1, 0.15) is 40.1 Å². The molecule has 2 aromatic carbocycles. The lowest BCUT2D eigenvalue weighted by Gasteiger charge is -2.27. The van der Waals surface area contributed by atoms with Crippen LogP contribution in [0.5, 0.6) is 11.5 Å². The number of nitrogens with one attached hydrogen (secondary N) is 1. The van der Waals surface area contributed by atoms with Gasteiger partial charge in [0, 0.05) is 35.1 Å². The molecule has 0 saturated heterocycles. The second-order valence-electron chi connectivity index (χ2n) is 7.72. The molecule has 1 amide bonds. The standard InChI is InChI=1S/C25H21ClN4O3/c1-2-33-20-13-17(5-8-19(20)31)24-21-22(16-3-6-18(26)7-4-16)28-29-23(21)25(32)30(24)14-15-9-11-27-12-10-15/h3-13,24,31H,2,14H2,1H3,(H,28,29). The fourth-order valence-electron chi connectivity index (χ4n) is 4.19. The molecule has 166 valence electrons. The lowest BCUT2D eigenvalue weighted by atomic mass is 9.95. The van der Waals surface area contributed by atoms with Gasteiger partial charge in [-0.15, -0.1) is 0 Å². The van der Waals surface area contributed by atoms with Gasteiger partial charge in [0.25, 0.3) is 5.91 Å². The number of hydrogen-bond donors (Lipinski definition) is 2. The van der Waals surface area contributed by atoms with Crippen molar-refractivity contribution in [3.8, 4) is 22.8 Å². The first kappa shape index (κ1) is 21.0. The number of hydrogen-bond acceptors (Lipinski definition) is 5. The topological polar surface area (TPSA) is 91.3 Å². The van der Waals surface area contributed by atoms with E-state index in [0.29, 0.717) is 35.3 Å². The Morgan fingerprint density at radius 2 is 1.88 bits per heavy atom. The molecule has 1 aliphatic rings. The molecule has 0 spiro atoms. The average Bonchev–Trinajstić information content (AvgIpc) is 3.36. The van der Waals surface area contributed by atoms with Crippen LogP contribution in [0.25, 0.3) is 11.3 Å². The number of aromatic hydroxyl groups is 1. The molecule has 4 aromatic rings. The van der Waals surface area contributed by atoms with Crippen molar-refractivity contribution in [3.63, 3.8) is 0 Å². The molecule has 1 unspecified atom stereocenters. The number of carbonyl (C=O) groups is 1. The van der Waals surface area contributed by atoms with Crippen LogP contribution in [0.2, 0.25) is 5.02 Å². The van der Waals surface area contributed by atoms with E-state index in [1.54, 1.807) is 41.6 Å². The maximum absolute atomic E-state index is 13.5. The highest BCUT2D eigenvalue weighted by Crippen LogP contribution is 2.45. The van der Waals surface area contributed by atoms with Gasteiger partial charge >= 0.3 is 0 Å². The smallest absolute Gasteiger partial charge is 0.273 e. The van der Waals surface area contributed by atoms with Gasteiger partial charge in [0.1, 0.15) is 5.69 Å². The SMILES string of the molecule is CCOc1cc(C2c3c(-c4ccc(Cl)cc4)n[nH]c3C(=O)N2Cc2ccncc2)ccc1O. The lowest BCUT2D eigenvalue weighted by molar-refractivity contribution is 0.0729. The fraction of sp³-hybridized carbons (Fsp3) is 0.160. The molecule has 3 heterocycles. The van der Waals surface area contributed by atoms with E-state index < -0.39 is 6.04 Å². The van der Waals surface area contributed by atoms with E-state index >= 15 is 0 Å². The number of amides is 1. The number of fused-ring (bicyclic) bond motifs is 1. The van der Waals surface area contributed by atoms with Crippen LogP contribution in [-0.4, -0.2) is 37.7 Å². The number of phenols is 1. The zero-order chi connectivity index (χ0) is 22.9. The molecule has 33 heavy (non-hydrogen) atoms. The van der Waals surface area contributed by atoms with Crippen LogP contribution in [0.3, 0.4) is 0 Å². The van der Waals surface area contributed by atoms with E-state index in [-0.39, 0.29) is 11.7 Å². The summed E-state index contributed by atoms with van der Waals surface area (Å²) in [7, 11) is 0. The monoisotopic (exact) mass is 460 g/mol. The molecule has 8 heteroatoms. The molecule has 2 aromatic heterocycles. The minimum atomic E-state index is -0.426. The molecule has 7 nitrogen and oxygen atoms in total. The maximum atomic E-state index is 13.5. The Kier molecular flexibility index (Phi) is 5.48. The van der Waals surface area contributed by atoms with Crippen molar-refractivity contribution in [2.24, 2.45) is 0 Å². The molecule has 0 fully saturated rings. The molecule has 0 bridgehead atoms. The van der Waals surface area contributed by atoms with Crippen molar-refractivity contribution in [3.05, 3.63) is 94.4 Å². The Hall–Kier alpha value is -3.84. The number of benzene rings is 2. The zero-order valence-corrected chi connectivity index (χ0v) is 18.6. The van der Waals surface area contributed by atoms with Crippen molar-refractivity contribution < 1.29 is 14.6 Å². The Labute approximate surface area is 195 Å². The van der Waals surface area contributed by atoms with Crippen LogP contribution in [0.15, 0.2) is 67.0 Å². The quantitative estimate of drug-likeness (QED) is 0.423. The normalized spacial score (nSPS) is 15.0. The predicted octanol–water partition coefficient (Wildman–Crippen LogP) is 4.97. The fourth-order valence-corrected chi connectivity index (χ4v) is 4.32. The Morgan fingerprint density at radius 3 is 2.61 bits per heavy atom. The van der Waals surface area contributed by atoms with E-state index in [1.165, 1.54) is 0 Å². The lowest BCUT2D eigenvalue weighted by Crippen LogP contribution is -2.29. The minimum Gasteiger partial charge on any atom is -0.504 e. The van der Waals surface area contributed by atoms with Crippen molar-refractivity contribution in [1.29, 1.82) is 0 Å². The van der Waals surface area contributed by atoms with Crippen LogP contribution < -0.4 is 4.74 Å². The molecule has 2 N–H and O–H groups in total. The molecule has 5 rings (SSSR count). The van der Waals surface area contributed by atoms with E-state index in [9.17, 15) is 9.90 Å². The van der Waals surface area contributed by atoms with Gasteiger partial charge < -0.3 is 14.7 Å². The van der Waals surface area contributed by atoms with Crippen molar-refractivity contribution in [1.82, 2.24) is 20.1 Å². The second kappa shape index (κ2) is 8.60. The van der Waals surface area contributed by atoms with Gasteiger partial charge in [-0.05, 0) is 54.4 Å². The Bertz CT molecular complexity index is 1310. The van der Waals surface area contributed by atoms with E-state index in [4.69, 9.17) is 16.3 Å². The molecule has 0 aliphatic carbocycles. The van der Waals surface area contributed by atoms with Gasteiger partial charge in [0.15, 0.2) is 11.5 Å². The van der Waals surface area contributed by atoms with Crippen molar-refractivity contribution in [2.75, 3.05) is 6.61 Å². The first-order valence-corrected chi connectivity index (χ1v) is 10.9. The summed E-state index contributed by atoms with van der Waals surface area (Å²) < 4.78 is 5.61. The zero-order valence-electron chi connectivity index (χ0n) is 17.8. The van der Waals surface area contributed by atoms with Crippen LogP contribution in [-0.2, 0) is 6.54 Å². The summed E-state index contributed by atoms with van der Waals surface area (Å²) in [5.41, 5.74) is 4.54. The summed E-state index contributed by atoms with van der Waals surface area (Å²) in [6.45, 7) is 2.65. The summed E-state index contributed by atoms with van der Waals surface area (Å²) in [6, 6.07) is 15.9. The maximum Gasteiger partial charge on any atom is 0.273 e. The number of carbonyl (C=O) groups excluding carboxylic acids is 1. The van der Waals surface area contributed by atoms with Gasteiger partial charge in [-0.3, -0.25) is 14.9 Å². The van der Waals surface area contributed by atoms with Crippen LogP contribution >= 0.6 is 11.6 Å². The largest absolute Gasteiger partial charge is 0.504 e. The number of rotatable bonds is 6. The summed E-state index contributed by atoms with van der Waals surface area (Å²) >= 11 is 6.08. The number of phenolic OH excluding ortho intramolecular Hbond substituents is 1. The highest BCUT2D eigenvalue weighted by molar-refractivity contribution is 6.30. The molecule has 1 atom stereocenters. The molecule has 1 aliphatic heterocycles. The van der Waals surface area contributed by atoms with E-state index in [2.05, 4.69) is 15.2 Å². The first-order chi connectivity index (χ1) is 16.1. The second-order valence-corrected chi connectivity index (χ2v) is 8.16. The number of halogens is 1. The van der Waals surface area contributed by atoms with E-state index in [1.807, 2.05) is 37.3 Å². The highest BCUT2D eigenvalue weighted by atomic mass is 35.5. The third-order valence-electron chi connectivity index (χ3n) is 5.68. The van der Waals surface area contributed by atoms with Gasteiger partial charge in [0.05, 0.1) is 18.3 Å². The van der Waals surface area contributed by atoms with Crippen molar-refractivity contribution in [2.45, 2.75) is 19.5 Å². The minimum absolute atomic E-state index is 0.0518. The molecule has 0 radical (unpaired) electrons. The molecule has 0 saturated carbocycles. The first-order valence-electron chi connectivity index (χ1n) is 10.6. The Morgan fingerprint density at radius 1 is 1.12 bits per heavy atom. The third kappa shape index (κ3) is 3.81. The number of ether oxygens (including phenoxy) is 1. The van der Waals surface area contributed by atoms with Crippen LogP contribution in [0.4, 0.5) is 0 Å². The van der Waals surface area contributed by atoms with Crippen LogP contribution in [0, 0.1) is 0 Å². The molecular formula is C25H21ClN4O3. The summed E-state index contributed by atoms with van der Waals surface area (Å²) in [5, 5.41) is 18.3.